The van der Waals surface area contributed by atoms with Crippen LogP contribution >= 0.6 is 11.5 Å². The predicted octanol–water partition coefficient (Wildman–Crippen LogP) is 3.51. The standard InChI is InChI=1S/C19H24N4O3S/c1-5-7-13-16(27-22-21-13)17(24)20-12-8-9-14-15(10-12)26-11-19(3,4)18(25)23(14)6-2/h8-10H,5-7,11H2,1-4H3,(H,20,24). The lowest BCUT2D eigenvalue weighted by Crippen LogP contribution is -2.42. The van der Waals surface area contributed by atoms with Crippen molar-refractivity contribution in [1.29, 1.82) is 0 Å². The number of hydrogen-bond donors (Lipinski definition) is 1. The fraction of sp³-hybridized carbons (Fsp3) is 0.474. The van der Waals surface area contributed by atoms with E-state index in [1.54, 1.807) is 17.0 Å². The Hall–Kier alpha value is -2.48. The first-order chi connectivity index (χ1) is 12.9. The number of aryl methyl sites for hydroxylation is 1. The minimum absolute atomic E-state index is 0.0282. The van der Waals surface area contributed by atoms with E-state index in [9.17, 15) is 9.59 Å². The third-order valence-electron chi connectivity index (χ3n) is 4.49. The van der Waals surface area contributed by atoms with Gasteiger partial charge in [0.25, 0.3) is 5.91 Å². The van der Waals surface area contributed by atoms with Crippen LogP contribution in [0.15, 0.2) is 18.2 Å². The van der Waals surface area contributed by atoms with Crippen molar-refractivity contribution >= 4 is 34.7 Å². The molecule has 0 saturated heterocycles. The van der Waals surface area contributed by atoms with Gasteiger partial charge in [-0.1, -0.05) is 17.8 Å². The Balaban J connectivity index is 1.86. The molecule has 2 heterocycles. The van der Waals surface area contributed by atoms with Gasteiger partial charge in [0.2, 0.25) is 5.91 Å². The van der Waals surface area contributed by atoms with Gasteiger partial charge in [0.1, 0.15) is 17.2 Å². The van der Waals surface area contributed by atoms with Gasteiger partial charge >= 0.3 is 0 Å². The highest BCUT2D eigenvalue weighted by molar-refractivity contribution is 7.08. The van der Waals surface area contributed by atoms with Gasteiger partial charge in [-0.05, 0) is 50.9 Å². The maximum atomic E-state index is 12.7. The highest BCUT2D eigenvalue weighted by Gasteiger charge is 2.37. The van der Waals surface area contributed by atoms with Crippen LogP contribution in [0.25, 0.3) is 0 Å². The zero-order chi connectivity index (χ0) is 19.6. The Morgan fingerprint density at radius 2 is 2.15 bits per heavy atom. The second-order valence-corrected chi connectivity index (χ2v) is 7.91. The predicted molar refractivity (Wildman–Crippen MR) is 106 cm³/mol. The molecule has 0 aliphatic carbocycles. The number of aromatic nitrogens is 2. The Labute approximate surface area is 162 Å². The summed E-state index contributed by atoms with van der Waals surface area (Å²) in [6.07, 6.45) is 1.62. The minimum Gasteiger partial charge on any atom is -0.490 e. The van der Waals surface area contributed by atoms with Crippen LogP contribution in [-0.2, 0) is 11.2 Å². The topological polar surface area (TPSA) is 84.4 Å². The average Bonchev–Trinajstić information content (AvgIpc) is 3.07. The van der Waals surface area contributed by atoms with Crippen LogP contribution in [0.2, 0.25) is 0 Å². The quantitative estimate of drug-likeness (QED) is 0.847. The van der Waals surface area contributed by atoms with E-state index in [0.717, 1.165) is 35.8 Å². The number of amides is 2. The highest BCUT2D eigenvalue weighted by atomic mass is 32.1. The fourth-order valence-corrected chi connectivity index (χ4v) is 3.61. The third kappa shape index (κ3) is 3.80. The van der Waals surface area contributed by atoms with E-state index in [0.29, 0.717) is 22.9 Å². The summed E-state index contributed by atoms with van der Waals surface area (Å²) < 4.78 is 9.80. The first-order valence-electron chi connectivity index (χ1n) is 9.08. The summed E-state index contributed by atoms with van der Waals surface area (Å²) in [6.45, 7) is 8.55. The maximum absolute atomic E-state index is 12.7. The maximum Gasteiger partial charge on any atom is 0.269 e. The Morgan fingerprint density at radius 3 is 2.85 bits per heavy atom. The van der Waals surface area contributed by atoms with E-state index in [-0.39, 0.29) is 18.4 Å². The molecular formula is C19H24N4O3S. The third-order valence-corrected chi connectivity index (χ3v) is 5.25. The summed E-state index contributed by atoms with van der Waals surface area (Å²) in [5.74, 6) is 0.385. The molecule has 8 heteroatoms. The Morgan fingerprint density at radius 1 is 1.37 bits per heavy atom. The van der Waals surface area contributed by atoms with Crippen LogP contribution in [0.3, 0.4) is 0 Å². The number of nitrogens with zero attached hydrogens (tertiary/aromatic N) is 3. The Kier molecular flexibility index (Phi) is 5.46. The van der Waals surface area contributed by atoms with Crippen molar-refractivity contribution in [2.24, 2.45) is 5.41 Å². The second kappa shape index (κ2) is 7.64. The zero-order valence-electron chi connectivity index (χ0n) is 16.0. The molecule has 0 saturated carbocycles. The molecule has 27 heavy (non-hydrogen) atoms. The lowest BCUT2D eigenvalue weighted by Gasteiger charge is -2.26. The SMILES string of the molecule is CCCc1nnsc1C(=O)Nc1ccc2c(c1)OCC(C)(C)C(=O)N2CC. The van der Waals surface area contributed by atoms with E-state index in [1.807, 2.05) is 33.8 Å². The zero-order valence-corrected chi connectivity index (χ0v) is 16.9. The average molecular weight is 388 g/mol. The molecule has 3 rings (SSSR count). The molecule has 7 nitrogen and oxygen atoms in total. The van der Waals surface area contributed by atoms with Crippen LogP contribution in [0, 0.1) is 5.41 Å². The first kappa shape index (κ1) is 19.3. The smallest absolute Gasteiger partial charge is 0.269 e. The van der Waals surface area contributed by atoms with Gasteiger partial charge in [0.05, 0.1) is 16.8 Å². The van der Waals surface area contributed by atoms with Crippen molar-refractivity contribution in [3.63, 3.8) is 0 Å². The van der Waals surface area contributed by atoms with E-state index in [4.69, 9.17) is 4.74 Å². The van der Waals surface area contributed by atoms with Crippen LogP contribution in [0.5, 0.6) is 5.75 Å². The van der Waals surface area contributed by atoms with Crippen LogP contribution in [0.4, 0.5) is 11.4 Å². The van der Waals surface area contributed by atoms with E-state index in [1.165, 1.54) is 0 Å². The molecule has 0 spiro atoms. The molecule has 0 radical (unpaired) electrons. The lowest BCUT2D eigenvalue weighted by atomic mass is 9.93. The molecular weight excluding hydrogens is 364 g/mol. The molecule has 1 N–H and O–H groups in total. The van der Waals surface area contributed by atoms with E-state index < -0.39 is 5.41 Å². The van der Waals surface area contributed by atoms with Crippen molar-refractivity contribution in [2.45, 2.75) is 40.5 Å². The second-order valence-electron chi connectivity index (χ2n) is 7.16. The van der Waals surface area contributed by atoms with Gasteiger partial charge in [-0.15, -0.1) is 5.10 Å². The molecule has 1 aromatic carbocycles. The van der Waals surface area contributed by atoms with Gasteiger partial charge in [0.15, 0.2) is 0 Å². The van der Waals surface area contributed by atoms with Crippen molar-refractivity contribution in [3.8, 4) is 5.75 Å². The van der Waals surface area contributed by atoms with E-state index >= 15 is 0 Å². The number of carbonyl (C=O) groups is 2. The van der Waals surface area contributed by atoms with Crippen molar-refractivity contribution in [3.05, 3.63) is 28.8 Å². The fourth-order valence-electron chi connectivity index (χ4n) is 3.01. The molecule has 0 atom stereocenters. The number of anilines is 2. The lowest BCUT2D eigenvalue weighted by molar-refractivity contribution is -0.127. The monoisotopic (exact) mass is 388 g/mol. The van der Waals surface area contributed by atoms with Crippen molar-refractivity contribution in [1.82, 2.24) is 9.59 Å². The van der Waals surface area contributed by atoms with Crippen LogP contribution < -0.4 is 15.0 Å². The summed E-state index contributed by atoms with van der Waals surface area (Å²) >= 11 is 1.10. The summed E-state index contributed by atoms with van der Waals surface area (Å²) in [4.78, 5) is 27.6. The van der Waals surface area contributed by atoms with Crippen LogP contribution in [-0.4, -0.2) is 34.6 Å². The Bertz CT molecular complexity index is 862. The van der Waals surface area contributed by atoms with Gasteiger partial charge in [-0.3, -0.25) is 9.59 Å². The molecule has 2 aromatic rings. The number of hydrogen-bond acceptors (Lipinski definition) is 6. The summed E-state index contributed by atoms with van der Waals surface area (Å²) in [7, 11) is 0. The van der Waals surface area contributed by atoms with Crippen molar-refractivity contribution < 1.29 is 14.3 Å². The normalized spacial score (nSPS) is 15.7. The summed E-state index contributed by atoms with van der Waals surface area (Å²) in [6, 6.07) is 5.35. The van der Waals surface area contributed by atoms with Gasteiger partial charge in [0, 0.05) is 18.3 Å². The number of fused-ring (bicyclic) bond motifs is 1. The molecule has 1 aliphatic rings. The summed E-state index contributed by atoms with van der Waals surface area (Å²) in [5, 5.41) is 6.92. The van der Waals surface area contributed by atoms with Gasteiger partial charge in [-0.25, -0.2) is 0 Å². The molecule has 0 fully saturated rings. The molecule has 1 aromatic heterocycles. The first-order valence-corrected chi connectivity index (χ1v) is 9.86. The number of benzene rings is 1. The number of nitrogens with one attached hydrogen (secondary N) is 1. The number of carbonyl (C=O) groups excluding carboxylic acids is 2. The molecule has 144 valence electrons. The van der Waals surface area contributed by atoms with Crippen LogP contribution in [0.1, 0.15) is 49.5 Å². The van der Waals surface area contributed by atoms with Gasteiger partial charge in [-0.2, -0.15) is 0 Å². The minimum atomic E-state index is -0.609. The van der Waals surface area contributed by atoms with Crippen molar-refractivity contribution in [2.75, 3.05) is 23.4 Å². The molecule has 0 unspecified atom stereocenters. The van der Waals surface area contributed by atoms with Gasteiger partial charge < -0.3 is 15.0 Å². The number of ether oxygens (including phenoxy) is 1. The summed E-state index contributed by atoms with van der Waals surface area (Å²) in [5.41, 5.74) is 1.44. The largest absolute Gasteiger partial charge is 0.490 e. The molecule has 2 amide bonds. The molecule has 0 bridgehead atoms. The molecule has 1 aliphatic heterocycles. The number of rotatable bonds is 5. The highest BCUT2D eigenvalue weighted by Crippen LogP contribution is 2.38. The van der Waals surface area contributed by atoms with E-state index in [2.05, 4.69) is 14.9 Å².